The van der Waals surface area contributed by atoms with E-state index in [9.17, 15) is 4.79 Å². The van der Waals surface area contributed by atoms with Gasteiger partial charge >= 0.3 is 0 Å². The fourth-order valence-electron chi connectivity index (χ4n) is 1.36. The Morgan fingerprint density at radius 2 is 2.33 bits per heavy atom. The third kappa shape index (κ3) is 3.54. The van der Waals surface area contributed by atoms with Gasteiger partial charge in [-0.05, 0) is 34.1 Å². The number of hydrogen-bond acceptors (Lipinski definition) is 3. The molecule has 5 nitrogen and oxygen atoms in total. The normalized spacial score (nSPS) is 10.3. The number of benzene rings is 1. The van der Waals surface area contributed by atoms with Crippen molar-refractivity contribution in [2.45, 2.75) is 13.0 Å². The van der Waals surface area contributed by atoms with E-state index in [0.717, 1.165) is 4.47 Å². The standard InChI is InChI=1S/C11H10BrClN4O/c12-9-5-8(1-2-10(9)13)16-11(18)3-4-17-7-14-6-15-17/h1-2,5-7H,3-4H2,(H,16,18). The van der Waals surface area contributed by atoms with Gasteiger partial charge in [0, 0.05) is 16.6 Å². The van der Waals surface area contributed by atoms with Crippen molar-refractivity contribution in [2.75, 3.05) is 5.32 Å². The second kappa shape index (κ2) is 5.97. The molecule has 94 valence electrons. The molecule has 1 heterocycles. The van der Waals surface area contributed by atoms with E-state index < -0.39 is 0 Å². The molecule has 1 aromatic carbocycles. The number of rotatable bonds is 4. The van der Waals surface area contributed by atoms with Crippen LogP contribution in [0, 0.1) is 0 Å². The third-order valence-electron chi connectivity index (χ3n) is 2.24. The predicted octanol–water partition coefficient (Wildman–Crippen LogP) is 2.72. The number of anilines is 1. The molecule has 2 aromatic rings. The van der Waals surface area contributed by atoms with Crippen LogP contribution in [-0.2, 0) is 11.3 Å². The number of nitrogens with zero attached hydrogens (tertiary/aromatic N) is 3. The molecule has 0 fully saturated rings. The van der Waals surface area contributed by atoms with Crippen LogP contribution in [0.25, 0.3) is 0 Å². The maximum atomic E-state index is 11.7. The molecule has 1 aromatic heterocycles. The molecular formula is C11H10BrClN4O. The fourth-order valence-corrected chi connectivity index (χ4v) is 1.86. The molecule has 0 aliphatic heterocycles. The van der Waals surface area contributed by atoms with E-state index in [1.54, 1.807) is 29.2 Å². The molecule has 2 rings (SSSR count). The second-order valence-electron chi connectivity index (χ2n) is 3.59. The summed E-state index contributed by atoms with van der Waals surface area (Å²) in [6.45, 7) is 0.501. The monoisotopic (exact) mass is 328 g/mol. The Hall–Kier alpha value is -1.40. The Labute approximate surface area is 117 Å². The first-order valence-corrected chi connectivity index (χ1v) is 6.39. The second-order valence-corrected chi connectivity index (χ2v) is 4.85. The molecule has 0 unspecified atom stereocenters. The lowest BCUT2D eigenvalue weighted by Crippen LogP contribution is -2.14. The van der Waals surface area contributed by atoms with Gasteiger partial charge in [-0.3, -0.25) is 9.48 Å². The van der Waals surface area contributed by atoms with Gasteiger partial charge in [-0.2, -0.15) is 5.10 Å². The molecule has 1 N–H and O–H groups in total. The SMILES string of the molecule is O=C(CCn1cncn1)Nc1ccc(Cl)c(Br)c1. The van der Waals surface area contributed by atoms with E-state index in [4.69, 9.17) is 11.6 Å². The Bertz CT molecular complexity index is 544. The Kier molecular flexibility index (Phi) is 4.33. The average molecular weight is 330 g/mol. The van der Waals surface area contributed by atoms with Gasteiger partial charge in [-0.1, -0.05) is 11.6 Å². The first-order valence-electron chi connectivity index (χ1n) is 5.22. The number of aromatic nitrogens is 3. The van der Waals surface area contributed by atoms with Gasteiger partial charge in [-0.15, -0.1) is 0 Å². The van der Waals surface area contributed by atoms with Crippen LogP contribution in [0.15, 0.2) is 35.3 Å². The summed E-state index contributed by atoms with van der Waals surface area (Å²) in [5.74, 6) is -0.0836. The van der Waals surface area contributed by atoms with E-state index >= 15 is 0 Å². The summed E-state index contributed by atoms with van der Waals surface area (Å²) in [5, 5.41) is 7.31. The number of carbonyl (C=O) groups excluding carboxylic acids is 1. The van der Waals surface area contributed by atoms with E-state index in [-0.39, 0.29) is 5.91 Å². The minimum atomic E-state index is -0.0836. The lowest BCUT2D eigenvalue weighted by molar-refractivity contribution is -0.116. The maximum Gasteiger partial charge on any atom is 0.226 e. The molecule has 0 radical (unpaired) electrons. The molecule has 7 heteroatoms. The predicted molar refractivity (Wildman–Crippen MR) is 72.4 cm³/mol. The molecule has 0 saturated carbocycles. The fraction of sp³-hybridized carbons (Fsp3) is 0.182. The van der Waals surface area contributed by atoms with Crippen LogP contribution in [0.1, 0.15) is 6.42 Å². The summed E-state index contributed by atoms with van der Waals surface area (Å²) in [7, 11) is 0. The molecule has 0 atom stereocenters. The largest absolute Gasteiger partial charge is 0.326 e. The molecule has 0 aliphatic rings. The van der Waals surface area contributed by atoms with E-state index in [2.05, 4.69) is 31.3 Å². The summed E-state index contributed by atoms with van der Waals surface area (Å²) >= 11 is 9.17. The summed E-state index contributed by atoms with van der Waals surface area (Å²) in [6, 6.07) is 5.23. The van der Waals surface area contributed by atoms with Gasteiger partial charge in [0.2, 0.25) is 5.91 Å². The summed E-state index contributed by atoms with van der Waals surface area (Å²) in [5.41, 5.74) is 0.704. The quantitative estimate of drug-likeness (QED) is 0.938. The van der Waals surface area contributed by atoms with E-state index in [0.29, 0.717) is 23.7 Å². The topological polar surface area (TPSA) is 59.8 Å². The summed E-state index contributed by atoms with van der Waals surface area (Å²) < 4.78 is 2.36. The van der Waals surface area contributed by atoms with Gasteiger partial charge in [-0.25, -0.2) is 4.98 Å². The molecule has 0 aliphatic carbocycles. The molecular weight excluding hydrogens is 320 g/mol. The molecule has 0 bridgehead atoms. The zero-order valence-electron chi connectivity index (χ0n) is 9.31. The van der Waals surface area contributed by atoms with Gasteiger partial charge < -0.3 is 5.32 Å². The van der Waals surface area contributed by atoms with Crippen LogP contribution in [0.5, 0.6) is 0 Å². The first-order chi connectivity index (χ1) is 8.65. The number of hydrogen-bond donors (Lipinski definition) is 1. The van der Waals surface area contributed by atoms with Gasteiger partial charge in [0.1, 0.15) is 12.7 Å². The highest BCUT2D eigenvalue weighted by Gasteiger charge is 2.05. The van der Waals surface area contributed by atoms with Crippen LogP contribution in [-0.4, -0.2) is 20.7 Å². The zero-order chi connectivity index (χ0) is 13.0. The van der Waals surface area contributed by atoms with Crippen molar-refractivity contribution in [3.63, 3.8) is 0 Å². The van der Waals surface area contributed by atoms with E-state index in [1.807, 2.05) is 0 Å². The van der Waals surface area contributed by atoms with Gasteiger partial charge in [0.05, 0.1) is 11.6 Å². The molecule has 0 spiro atoms. The highest BCUT2D eigenvalue weighted by molar-refractivity contribution is 9.10. The number of amides is 1. The maximum absolute atomic E-state index is 11.7. The van der Waals surface area contributed by atoms with Crippen LogP contribution in [0.4, 0.5) is 5.69 Å². The van der Waals surface area contributed by atoms with Crippen molar-refractivity contribution in [3.8, 4) is 0 Å². The highest BCUT2D eigenvalue weighted by Crippen LogP contribution is 2.25. The van der Waals surface area contributed by atoms with Gasteiger partial charge in [0.25, 0.3) is 0 Å². The molecule has 0 saturated heterocycles. The summed E-state index contributed by atoms with van der Waals surface area (Å²) in [4.78, 5) is 15.5. The number of carbonyl (C=O) groups is 1. The third-order valence-corrected chi connectivity index (χ3v) is 3.45. The molecule has 1 amide bonds. The van der Waals surface area contributed by atoms with Crippen molar-refractivity contribution in [3.05, 3.63) is 40.3 Å². The number of halogens is 2. The summed E-state index contributed by atoms with van der Waals surface area (Å²) in [6.07, 6.45) is 3.35. The lowest BCUT2D eigenvalue weighted by atomic mass is 10.3. The van der Waals surface area contributed by atoms with Crippen molar-refractivity contribution in [1.29, 1.82) is 0 Å². The Balaban J connectivity index is 1.88. The minimum absolute atomic E-state index is 0.0836. The van der Waals surface area contributed by atoms with E-state index in [1.165, 1.54) is 6.33 Å². The van der Waals surface area contributed by atoms with Gasteiger partial charge in [0.15, 0.2) is 0 Å². The Morgan fingerprint density at radius 3 is 3.00 bits per heavy atom. The van der Waals surface area contributed by atoms with Crippen LogP contribution in [0.3, 0.4) is 0 Å². The average Bonchev–Trinajstić information content (AvgIpc) is 2.84. The number of nitrogens with one attached hydrogen (secondary N) is 1. The van der Waals surface area contributed by atoms with Crippen LogP contribution in [0.2, 0.25) is 5.02 Å². The zero-order valence-corrected chi connectivity index (χ0v) is 11.6. The Morgan fingerprint density at radius 1 is 1.50 bits per heavy atom. The molecule has 18 heavy (non-hydrogen) atoms. The van der Waals surface area contributed by atoms with Crippen molar-refractivity contribution in [1.82, 2.24) is 14.8 Å². The smallest absolute Gasteiger partial charge is 0.226 e. The van der Waals surface area contributed by atoms with Crippen molar-refractivity contribution < 1.29 is 4.79 Å². The van der Waals surface area contributed by atoms with Crippen molar-refractivity contribution >= 4 is 39.1 Å². The first kappa shape index (κ1) is 13.0. The number of aryl methyl sites for hydroxylation is 1. The minimum Gasteiger partial charge on any atom is -0.326 e. The van der Waals surface area contributed by atoms with Crippen LogP contribution >= 0.6 is 27.5 Å². The van der Waals surface area contributed by atoms with Crippen LogP contribution < -0.4 is 5.32 Å². The van der Waals surface area contributed by atoms with Crippen molar-refractivity contribution in [2.24, 2.45) is 0 Å². The highest BCUT2D eigenvalue weighted by atomic mass is 79.9. The lowest BCUT2D eigenvalue weighted by Gasteiger charge is -2.06.